The standard InChI is InChI=1S/C14H16F2N2S/c1-19-11-4-2-3-5-18(9-11)14-12(15)6-10(8-17)7-13(14)16/h6-7,11H,2-5,9H2,1H3. The van der Waals surface area contributed by atoms with Crippen LogP contribution in [0.5, 0.6) is 0 Å². The zero-order valence-corrected chi connectivity index (χ0v) is 11.6. The van der Waals surface area contributed by atoms with Crippen molar-refractivity contribution in [2.75, 3.05) is 24.2 Å². The number of hydrogen-bond donors (Lipinski definition) is 0. The van der Waals surface area contributed by atoms with Crippen LogP contribution in [0.1, 0.15) is 24.8 Å². The Balaban J connectivity index is 2.32. The summed E-state index contributed by atoms with van der Waals surface area (Å²) < 4.78 is 28.0. The Bertz CT molecular complexity index is 476. The normalized spacial score (nSPS) is 19.9. The van der Waals surface area contributed by atoms with E-state index in [4.69, 9.17) is 5.26 Å². The maximum atomic E-state index is 14.0. The van der Waals surface area contributed by atoms with Crippen molar-refractivity contribution in [1.29, 1.82) is 5.26 Å². The van der Waals surface area contributed by atoms with E-state index >= 15 is 0 Å². The Morgan fingerprint density at radius 1 is 1.32 bits per heavy atom. The summed E-state index contributed by atoms with van der Waals surface area (Å²) in [5, 5.41) is 9.11. The van der Waals surface area contributed by atoms with Gasteiger partial charge in [-0.3, -0.25) is 0 Å². The second-order valence-electron chi connectivity index (χ2n) is 4.70. The van der Waals surface area contributed by atoms with Crippen LogP contribution in [0.2, 0.25) is 0 Å². The molecule has 0 amide bonds. The quantitative estimate of drug-likeness (QED) is 0.830. The summed E-state index contributed by atoms with van der Waals surface area (Å²) >= 11 is 1.74. The highest BCUT2D eigenvalue weighted by Gasteiger charge is 2.23. The van der Waals surface area contributed by atoms with E-state index in [2.05, 4.69) is 0 Å². The lowest BCUT2D eigenvalue weighted by Gasteiger charge is -2.26. The molecule has 1 aliphatic rings. The molecule has 0 radical (unpaired) electrons. The minimum absolute atomic E-state index is 0.0138. The third kappa shape index (κ3) is 3.19. The molecule has 0 spiro atoms. The van der Waals surface area contributed by atoms with Crippen LogP contribution >= 0.6 is 11.8 Å². The van der Waals surface area contributed by atoms with Crippen LogP contribution in [0.25, 0.3) is 0 Å². The van der Waals surface area contributed by atoms with Gasteiger partial charge in [-0.05, 0) is 31.2 Å². The van der Waals surface area contributed by atoms with E-state index in [1.165, 1.54) is 0 Å². The predicted molar refractivity (Wildman–Crippen MR) is 74.4 cm³/mol. The minimum Gasteiger partial charge on any atom is -0.366 e. The van der Waals surface area contributed by atoms with Gasteiger partial charge in [0.15, 0.2) is 11.6 Å². The molecule has 19 heavy (non-hydrogen) atoms. The highest BCUT2D eigenvalue weighted by Crippen LogP contribution is 2.29. The Morgan fingerprint density at radius 2 is 2.00 bits per heavy atom. The zero-order valence-electron chi connectivity index (χ0n) is 10.8. The summed E-state index contributed by atoms with van der Waals surface area (Å²) in [6.07, 6.45) is 5.13. The lowest BCUT2D eigenvalue weighted by molar-refractivity contribution is 0.570. The second-order valence-corrected chi connectivity index (χ2v) is 5.84. The van der Waals surface area contributed by atoms with Crippen molar-refractivity contribution in [3.05, 3.63) is 29.3 Å². The van der Waals surface area contributed by atoms with E-state index in [9.17, 15) is 8.78 Å². The van der Waals surface area contributed by atoms with Crippen LogP contribution in [0.3, 0.4) is 0 Å². The van der Waals surface area contributed by atoms with Crippen molar-refractivity contribution in [2.24, 2.45) is 0 Å². The van der Waals surface area contributed by atoms with Crippen LogP contribution < -0.4 is 4.90 Å². The molecule has 1 fully saturated rings. The predicted octanol–water partition coefficient (Wildman–Crippen LogP) is 3.56. The van der Waals surface area contributed by atoms with Gasteiger partial charge in [-0.2, -0.15) is 17.0 Å². The number of halogens is 2. The second kappa shape index (κ2) is 6.25. The Hall–Kier alpha value is -1.28. The van der Waals surface area contributed by atoms with Crippen molar-refractivity contribution in [3.63, 3.8) is 0 Å². The first-order valence-electron chi connectivity index (χ1n) is 6.32. The van der Waals surface area contributed by atoms with E-state index in [0.717, 1.165) is 31.4 Å². The monoisotopic (exact) mass is 282 g/mol. The molecule has 5 heteroatoms. The molecule has 1 unspecified atom stereocenters. The molecule has 2 rings (SSSR count). The highest BCUT2D eigenvalue weighted by molar-refractivity contribution is 7.99. The largest absolute Gasteiger partial charge is 0.366 e. The number of thioether (sulfide) groups is 1. The van der Waals surface area contributed by atoms with Crippen molar-refractivity contribution in [3.8, 4) is 6.07 Å². The van der Waals surface area contributed by atoms with Gasteiger partial charge in [0.25, 0.3) is 0 Å². The summed E-state index contributed by atoms with van der Waals surface area (Å²) in [6, 6.07) is 3.99. The zero-order chi connectivity index (χ0) is 13.8. The molecule has 1 aromatic carbocycles. The molecule has 1 aliphatic heterocycles. The molecule has 1 heterocycles. The Labute approximate surface area is 116 Å². The first kappa shape index (κ1) is 14.1. The van der Waals surface area contributed by atoms with E-state index in [-0.39, 0.29) is 11.3 Å². The lowest BCUT2D eigenvalue weighted by Crippen LogP contribution is -2.31. The number of nitrogens with zero attached hydrogens (tertiary/aromatic N) is 2. The average Bonchev–Trinajstić information content (AvgIpc) is 2.63. The van der Waals surface area contributed by atoms with Crippen molar-refractivity contribution in [1.82, 2.24) is 0 Å². The van der Waals surface area contributed by atoms with Gasteiger partial charge < -0.3 is 4.90 Å². The molecule has 2 nitrogen and oxygen atoms in total. The van der Waals surface area contributed by atoms with E-state index in [0.29, 0.717) is 18.3 Å². The maximum Gasteiger partial charge on any atom is 0.150 e. The average molecular weight is 282 g/mol. The molecule has 1 saturated heterocycles. The van der Waals surface area contributed by atoms with E-state index < -0.39 is 11.6 Å². The molecule has 0 saturated carbocycles. The molecular weight excluding hydrogens is 266 g/mol. The molecule has 0 aromatic heterocycles. The van der Waals surface area contributed by atoms with Gasteiger partial charge in [0, 0.05) is 18.3 Å². The molecule has 102 valence electrons. The third-order valence-corrected chi connectivity index (χ3v) is 4.48. The SMILES string of the molecule is CSC1CCCCN(c2c(F)cc(C#N)cc2F)C1. The third-order valence-electron chi connectivity index (χ3n) is 3.42. The first-order valence-corrected chi connectivity index (χ1v) is 7.61. The fraction of sp³-hybridized carbons (Fsp3) is 0.500. The van der Waals surface area contributed by atoms with Crippen LogP contribution in [0.15, 0.2) is 12.1 Å². The molecule has 0 aliphatic carbocycles. The fourth-order valence-corrected chi connectivity index (χ4v) is 3.16. The van der Waals surface area contributed by atoms with Crippen LogP contribution in [-0.4, -0.2) is 24.6 Å². The molecule has 1 aromatic rings. The molecule has 1 atom stereocenters. The van der Waals surface area contributed by atoms with Gasteiger partial charge in [-0.1, -0.05) is 6.42 Å². The summed E-state index contributed by atoms with van der Waals surface area (Å²) in [5.74, 6) is -1.28. The number of anilines is 1. The highest BCUT2D eigenvalue weighted by atomic mass is 32.2. The topological polar surface area (TPSA) is 27.0 Å². The van der Waals surface area contributed by atoms with Crippen molar-refractivity contribution < 1.29 is 8.78 Å². The van der Waals surface area contributed by atoms with Gasteiger partial charge in [0.2, 0.25) is 0 Å². The number of nitriles is 1. The Morgan fingerprint density at radius 3 is 2.58 bits per heavy atom. The van der Waals surface area contributed by atoms with Gasteiger partial charge in [0.1, 0.15) is 5.69 Å². The van der Waals surface area contributed by atoms with Gasteiger partial charge in [0.05, 0.1) is 11.6 Å². The number of benzene rings is 1. The number of rotatable bonds is 2. The maximum absolute atomic E-state index is 14.0. The summed E-state index contributed by atoms with van der Waals surface area (Å²) in [5.41, 5.74) is 0.0370. The fourth-order valence-electron chi connectivity index (χ4n) is 2.43. The van der Waals surface area contributed by atoms with E-state index in [1.807, 2.05) is 6.26 Å². The number of hydrogen-bond acceptors (Lipinski definition) is 3. The molecule has 0 N–H and O–H groups in total. The summed E-state index contributed by atoms with van der Waals surface area (Å²) in [6.45, 7) is 1.32. The minimum atomic E-state index is -0.640. The van der Waals surface area contributed by atoms with Crippen LogP contribution in [0.4, 0.5) is 14.5 Å². The Kier molecular flexibility index (Phi) is 4.65. The summed E-state index contributed by atoms with van der Waals surface area (Å²) in [7, 11) is 0. The van der Waals surface area contributed by atoms with Gasteiger partial charge in [-0.15, -0.1) is 0 Å². The smallest absolute Gasteiger partial charge is 0.150 e. The summed E-state index contributed by atoms with van der Waals surface area (Å²) in [4.78, 5) is 1.78. The molecule has 0 bridgehead atoms. The molecular formula is C14H16F2N2S. The van der Waals surface area contributed by atoms with Gasteiger partial charge in [-0.25, -0.2) is 8.78 Å². The van der Waals surface area contributed by atoms with Gasteiger partial charge >= 0.3 is 0 Å². The lowest BCUT2D eigenvalue weighted by atomic mass is 10.2. The van der Waals surface area contributed by atoms with Crippen LogP contribution in [-0.2, 0) is 0 Å². The van der Waals surface area contributed by atoms with E-state index in [1.54, 1.807) is 22.7 Å². The first-order chi connectivity index (χ1) is 9.15. The van der Waals surface area contributed by atoms with Crippen molar-refractivity contribution >= 4 is 17.4 Å². The van der Waals surface area contributed by atoms with Crippen molar-refractivity contribution in [2.45, 2.75) is 24.5 Å². The van der Waals surface area contributed by atoms with Crippen LogP contribution in [0, 0.1) is 23.0 Å².